The number of aromatic carboxylic acids is 1. The van der Waals surface area contributed by atoms with Gasteiger partial charge in [0.1, 0.15) is 17.9 Å². The van der Waals surface area contributed by atoms with Gasteiger partial charge in [-0.15, -0.1) is 0 Å². The molecule has 0 unspecified atom stereocenters. The fourth-order valence-electron chi connectivity index (χ4n) is 2.76. The van der Waals surface area contributed by atoms with Crippen LogP contribution in [0.5, 0.6) is 5.75 Å². The Labute approximate surface area is 139 Å². The standard InChI is InChI=1S/C16H20N2O6/c1-10-15(21)18(9-14(19)20)6-5-17(10)8-11-3-4-13(24-2)12(7-11)16(22)23/h3-4,7,10H,5-6,8-9H2,1-2H3,(H,19,20)(H,22,23)/t10-/m0/s1. The summed E-state index contributed by atoms with van der Waals surface area (Å²) < 4.78 is 5.03. The van der Waals surface area contributed by atoms with Crippen LogP contribution in [0.2, 0.25) is 0 Å². The maximum absolute atomic E-state index is 12.2. The molecule has 1 fully saturated rings. The number of rotatable bonds is 6. The quantitative estimate of drug-likeness (QED) is 0.779. The number of carbonyl (C=O) groups excluding carboxylic acids is 1. The summed E-state index contributed by atoms with van der Waals surface area (Å²) in [6, 6.07) is 4.41. The molecule has 0 saturated carbocycles. The number of benzene rings is 1. The van der Waals surface area contributed by atoms with E-state index in [1.165, 1.54) is 18.1 Å². The summed E-state index contributed by atoms with van der Waals surface area (Å²) in [6.07, 6.45) is 0. The summed E-state index contributed by atoms with van der Waals surface area (Å²) >= 11 is 0. The molecule has 8 heteroatoms. The molecule has 0 spiro atoms. The number of carboxylic acids is 2. The maximum Gasteiger partial charge on any atom is 0.339 e. The third-order valence-corrected chi connectivity index (χ3v) is 4.08. The van der Waals surface area contributed by atoms with E-state index in [9.17, 15) is 19.5 Å². The highest BCUT2D eigenvalue weighted by Crippen LogP contribution is 2.22. The lowest BCUT2D eigenvalue weighted by Crippen LogP contribution is -2.56. The Morgan fingerprint density at radius 2 is 2.00 bits per heavy atom. The second-order valence-electron chi connectivity index (χ2n) is 5.64. The minimum absolute atomic E-state index is 0.0680. The number of hydrogen-bond donors (Lipinski definition) is 2. The Balaban J connectivity index is 2.12. The van der Waals surface area contributed by atoms with Crippen LogP contribution in [-0.4, -0.2) is 70.6 Å². The van der Waals surface area contributed by atoms with Crippen LogP contribution in [0.15, 0.2) is 18.2 Å². The molecule has 1 amide bonds. The van der Waals surface area contributed by atoms with Crippen molar-refractivity contribution in [2.24, 2.45) is 0 Å². The first kappa shape index (κ1) is 17.7. The largest absolute Gasteiger partial charge is 0.496 e. The minimum atomic E-state index is -1.08. The normalized spacial score (nSPS) is 18.5. The van der Waals surface area contributed by atoms with Crippen LogP contribution >= 0.6 is 0 Å². The van der Waals surface area contributed by atoms with Crippen LogP contribution in [0, 0.1) is 0 Å². The molecule has 1 aromatic carbocycles. The molecular formula is C16H20N2O6. The van der Waals surface area contributed by atoms with Gasteiger partial charge in [-0.1, -0.05) is 6.07 Å². The third kappa shape index (κ3) is 3.83. The molecule has 1 aliphatic heterocycles. The van der Waals surface area contributed by atoms with Crippen LogP contribution in [-0.2, 0) is 16.1 Å². The number of ether oxygens (including phenoxy) is 1. The van der Waals surface area contributed by atoms with Crippen molar-refractivity contribution in [3.8, 4) is 5.75 Å². The second-order valence-corrected chi connectivity index (χ2v) is 5.64. The van der Waals surface area contributed by atoms with Crippen LogP contribution in [0.3, 0.4) is 0 Å². The average Bonchev–Trinajstić information content (AvgIpc) is 2.54. The third-order valence-electron chi connectivity index (χ3n) is 4.08. The summed E-state index contributed by atoms with van der Waals surface area (Å²) in [6.45, 7) is 2.67. The highest BCUT2D eigenvalue weighted by atomic mass is 16.5. The molecule has 2 N–H and O–H groups in total. The smallest absolute Gasteiger partial charge is 0.339 e. The number of methoxy groups -OCH3 is 1. The zero-order valence-electron chi connectivity index (χ0n) is 13.6. The monoisotopic (exact) mass is 336 g/mol. The molecule has 0 bridgehead atoms. The Morgan fingerprint density at radius 1 is 1.29 bits per heavy atom. The molecule has 0 aliphatic carbocycles. The van der Waals surface area contributed by atoms with Crippen molar-refractivity contribution in [2.75, 3.05) is 26.7 Å². The van der Waals surface area contributed by atoms with Crippen LogP contribution < -0.4 is 4.74 Å². The summed E-state index contributed by atoms with van der Waals surface area (Å²) in [7, 11) is 1.41. The minimum Gasteiger partial charge on any atom is -0.496 e. The van der Waals surface area contributed by atoms with Crippen molar-refractivity contribution in [1.29, 1.82) is 0 Å². The van der Waals surface area contributed by atoms with Crippen molar-refractivity contribution in [3.63, 3.8) is 0 Å². The van der Waals surface area contributed by atoms with Gasteiger partial charge >= 0.3 is 11.9 Å². The van der Waals surface area contributed by atoms with Crippen molar-refractivity contribution >= 4 is 17.8 Å². The number of amides is 1. The maximum atomic E-state index is 12.2. The molecule has 130 valence electrons. The number of carbonyl (C=O) groups is 3. The SMILES string of the molecule is COc1ccc(CN2CCN(CC(=O)O)C(=O)[C@@H]2C)cc1C(=O)O. The lowest BCUT2D eigenvalue weighted by Gasteiger charge is -2.38. The van der Waals surface area contributed by atoms with Crippen molar-refractivity contribution < 1.29 is 29.3 Å². The molecule has 24 heavy (non-hydrogen) atoms. The van der Waals surface area contributed by atoms with Crippen LogP contribution in [0.4, 0.5) is 0 Å². The fourth-order valence-corrected chi connectivity index (χ4v) is 2.76. The first-order valence-corrected chi connectivity index (χ1v) is 7.48. The van der Waals surface area contributed by atoms with E-state index >= 15 is 0 Å². The van der Waals surface area contributed by atoms with Crippen LogP contribution in [0.1, 0.15) is 22.8 Å². The van der Waals surface area contributed by atoms with E-state index in [1.807, 2.05) is 4.90 Å². The predicted molar refractivity (Wildman–Crippen MR) is 84.0 cm³/mol. The van der Waals surface area contributed by atoms with Gasteiger partial charge in [0.25, 0.3) is 0 Å². The molecule has 2 rings (SSSR count). The molecule has 1 aromatic rings. The van der Waals surface area contributed by atoms with E-state index in [2.05, 4.69) is 0 Å². The van der Waals surface area contributed by atoms with Crippen molar-refractivity contribution in [3.05, 3.63) is 29.3 Å². The van der Waals surface area contributed by atoms with Gasteiger partial charge in [-0.3, -0.25) is 14.5 Å². The lowest BCUT2D eigenvalue weighted by molar-refractivity contribution is -0.150. The molecule has 0 radical (unpaired) electrons. The summed E-state index contributed by atoms with van der Waals surface area (Å²) in [5, 5.41) is 18.1. The van der Waals surface area contributed by atoms with Gasteiger partial charge in [0.15, 0.2) is 0 Å². The van der Waals surface area contributed by atoms with Crippen molar-refractivity contribution in [2.45, 2.75) is 19.5 Å². The average molecular weight is 336 g/mol. The summed E-state index contributed by atoms with van der Waals surface area (Å²) in [5.41, 5.74) is 0.818. The molecular weight excluding hydrogens is 316 g/mol. The van der Waals surface area contributed by atoms with E-state index in [1.54, 1.807) is 19.1 Å². The zero-order valence-corrected chi connectivity index (χ0v) is 13.6. The van der Waals surface area contributed by atoms with Crippen LogP contribution in [0.25, 0.3) is 0 Å². The first-order valence-electron chi connectivity index (χ1n) is 7.48. The molecule has 8 nitrogen and oxygen atoms in total. The number of nitrogens with zero attached hydrogens (tertiary/aromatic N) is 2. The molecule has 0 aromatic heterocycles. The van der Waals surface area contributed by atoms with E-state index < -0.39 is 18.0 Å². The Hall–Kier alpha value is -2.61. The van der Waals surface area contributed by atoms with Gasteiger partial charge in [0.05, 0.1) is 13.2 Å². The number of hydrogen-bond acceptors (Lipinski definition) is 5. The number of piperazine rings is 1. The Kier molecular flexibility index (Phi) is 5.40. The molecule has 1 saturated heterocycles. The van der Waals surface area contributed by atoms with E-state index in [0.29, 0.717) is 19.6 Å². The molecule has 1 atom stereocenters. The number of aliphatic carboxylic acids is 1. The highest BCUT2D eigenvalue weighted by molar-refractivity contribution is 5.91. The lowest BCUT2D eigenvalue weighted by atomic mass is 10.1. The van der Waals surface area contributed by atoms with Gasteiger partial charge in [0.2, 0.25) is 5.91 Å². The van der Waals surface area contributed by atoms with Gasteiger partial charge in [-0.25, -0.2) is 4.79 Å². The van der Waals surface area contributed by atoms with Crippen molar-refractivity contribution in [1.82, 2.24) is 9.80 Å². The second kappa shape index (κ2) is 7.31. The van der Waals surface area contributed by atoms with Gasteiger partial charge < -0.3 is 19.8 Å². The molecule has 1 heterocycles. The fraction of sp³-hybridized carbons (Fsp3) is 0.438. The first-order chi connectivity index (χ1) is 11.3. The Bertz CT molecular complexity index is 660. The summed E-state index contributed by atoms with van der Waals surface area (Å²) in [5.74, 6) is -2.08. The predicted octanol–water partition coefficient (Wildman–Crippen LogP) is 0.511. The highest BCUT2D eigenvalue weighted by Gasteiger charge is 2.32. The van der Waals surface area contributed by atoms with E-state index in [0.717, 1.165) is 5.56 Å². The molecule has 1 aliphatic rings. The van der Waals surface area contributed by atoms with E-state index in [4.69, 9.17) is 9.84 Å². The van der Waals surface area contributed by atoms with Gasteiger partial charge in [0, 0.05) is 19.6 Å². The summed E-state index contributed by atoms with van der Waals surface area (Å²) in [4.78, 5) is 37.5. The topological polar surface area (TPSA) is 107 Å². The van der Waals surface area contributed by atoms with Gasteiger partial charge in [-0.05, 0) is 24.6 Å². The number of carboxylic acid groups (broad SMARTS) is 2. The van der Waals surface area contributed by atoms with E-state index in [-0.39, 0.29) is 23.8 Å². The van der Waals surface area contributed by atoms with Gasteiger partial charge in [-0.2, -0.15) is 0 Å². The zero-order chi connectivity index (χ0) is 17.9. The Morgan fingerprint density at radius 3 is 2.58 bits per heavy atom.